The van der Waals surface area contributed by atoms with Crippen molar-refractivity contribution < 1.29 is 18.4 Å². The van der Waals surface area contributed by atoms with E-state index < -0.39 is 23.0 Å². The normalized spacial score (nSPS) is 10.5. The Kier molecular flexibility index (Phi) is 3.57. The predicted octanol–water partition coefficient (Wildman–Crippen LogP) is 3.27. The van der Waals surface area contributed by atoms with Crippen molar-refractivity contribution in [2.24, 2.45) is 0 Å². The van der Waals surface area contributed by atoms with Crippen LogP contribution in [0.1, 0.15) is 5.56 Å². The Morgan fingerprint density at radius 3 is 2.60 bits per heavy atom. The molecule has 0 aliphatic carbocycles. The minimum Gasteiger partial charge on any atom is -0.427 e. The van der Waals surface area contributed by atoms with Gasteiger partial charge in [-0.3, -0.25) is 10.1 Å². The molecule has 0 radical (unpaired) electrons. The van der Waals surface area contributed by atoms with E-state index in [1.807, 2.05) is 0 Å². The van der Waals surface area contributed by atoms with Gasteiger partial charge in [0.1, 0.15) is 0 Å². The number of rotatable bonds is 3. The van der Waals surface area contributed by atoms with Crippen molar-refractivity contribution in [3.63, 3.8) is 0 Å². The van der Waals surface area contributed by atoms with Gasteiger partial charge in [0.05, 0.1) is 9.40 Å². The summed E-state index contributed by atoms with van der Waals surface area (Å²) in [4.78, 5) is 9.86. The maximum atomic E-state index is 12.0. The molecule has 0 N–H and O–H groups in total. The molecule has 82 valence electrons. The van der Waals surface area contributed by atoms with Gasteiger partial charge in [-0.25, -0.2) is 0 Å². The molecule has 0 unspecified atom stereocenters. The summed E-state index contributed by atoms with van der Waals surface area (Å²) in [6.07, 6.45) is 0. The van der Waals surface area contributed by atoms with Crippen molar-refractivity contribution in [1.82, 2.24) is 0 Å². The molecular formula is C8H6BrF2NO3. The molecule has 0 amide bonds. The largest absolute Gasteiger partial charge is 0.427 e. The van der Waals surface area contributed by atoms with E-state index in [0.29, 0.717) is 0 Å². The van der Waals surface area contributed by atoms with Crippen LogP contribution in [-0.4, -0.2) is 11.5 Å². The van der Waals surface area contributed by atoms with Gasteiger partial charge in [-0.2, -0.15) is 8.78 Å². The third kappa shape index (κ3) is 2.62. The molecule has 0 heterocycles. The van der Waals surface area contributed by atoms with Gasteiger partial charge in [0.25, 0.3) is 0 Å². The maximum Gasteiger partial charge on any atom is 0.387 e. The molecule has 1 aromatic rings. The lowest BCUT2D eigenvalue weighted by molar-refractivity contribution is -0.387. The Labute approximate surface area is 92.1 Å². The van der Waals surface area contributed by atoms with E-state index >= 15 is 0 Å². The van der Waals surface area contributed by atoms with Crippen LogP contribution < -0.4 is 4.74 Å². The number of aryl methyl sites for hydroxylation is 1. The summed E-state index contributed by atoms with van der Waals surface area (Å²) in [5, 5.41) is 10.6. The van der Waals surface area contributed by atoms with Crippen molar-refractivity contribution in [2.45, 2.75) is 13.5 Å². The molecule has 0 saturated heterocycles. The van der Waals surface area contributed by atoms with Gasteiger partial charge in [-0.05, 0) is 34.5 Å². The Balaban J connectivity index is 3.31. The van der Waals surface area contributed by atoms with Crippen LogP contribution in [0.4, 0.5) is 14.5 Å². The number of hydrogen-bond donors (Lipinski definition) is 0. The quantitative estimate of drug-likeness (QED) is 0.631. The number of halogens is 3. The molecule has 1 rings (SSSR count). The van der Waals surface area contributed by atoms with Gasteiger partial charge in [0.15, 0.2) is 0 Å². The molecule has 15 heavy (non-hydrogen) atoms. The number of ether oxygens (including phenoxy) is 1. The van der Waals surface area contributed by atoms with Crippen LogP contribution >= 0.6 is 15.9 Å². The fourth-order valence-electron chi connectivity index (χ4n) is 1.06. The van der Waals surface area contributed by atoms with Gasteiger partial charge in [0, 0.05) is 0 Å². The standard InChI is InChI=1S/C8H6BrF2NO3/c1-4-2-3-5(9)6(12(13)14)7(4)15-8(10)11/h2-3,8H,1H3. The zero-order valence-electron chi connectivity index (χ0n) is 7.54. The first-order valence-corrected chi connectivity index (χ1v) is 4.61. The van der Waals surface area contributed by atoms with Crippen molar-refractivity contribution in [2.75, 3.05) is 0 Å². The monoisotopic (exact) mass is 281 g/mol. The van der Waals surface area contributed by atoms with Crippen molar-refractivity contribution in [1.29, 1.82) is 0 Å². The third-order valence-electron chi connectivity index (χ3n) is 1.67. The Morgan fingerprint density at radius 2 is 2.13 bits per heavy atom. The minimum absolute atomic E-state index is 0.105. The highest BCUT2D eigenvalue weighted by Gasteiger charge is 2.24. The number of nitrogens with zero attached hydrogens (tertiary/aromatic N) is 1. The lowest BCUT2D eigenvalue weighted by atomic mass is 10.2. The first-order valence-electron chi connectivity index (χ1n) is 3.81. The zero-order valence-corrected chi connectivity index (χ0v) is 9.12. The average Bonchev–Trinajstić information content (AvgIpc) is 2.10. The molecule has 0 aromatic heterocycles. The second-order valence-corrected chi connectivity index (χ2v) is 3.53. The first kappa shape index (κ1) is 11.8. The van der Waals surface area contributed by atoms with E-state index in [1.54, 1.807) is 0 Å². The van der Waals surface area contributed by atoms with Gasteiger partial charge in [0.2, 0.25) is 5.75 Å². The summed E-state index contributed by atoms with van der Waals surface area (Å²) in [5.74, 6) is -0.413. The topological polar surface area (TPSA) is 52.4 Å². The lowest BCUT2D eigenvalue weighted by Crippen LogP contribution is -2.06. The fraction of sp³-hybridized carbons (Fsp3) is 0.250. The lowest BCUT2D eigenvalue weighted by Gasteiger charge is -2.08. The molecule has 0 spiro atoms. The van der Waals surface area contributed by atoms with Gasteiger partial charge < -0.3 is 4.74 Å². The summed E-state index contributed by atoms with van der Waals surface area (Å²) >= 11 is 2.91. The van der Waals surface area contributed by atoms with Crippen molar-refractivity contribution >= 4 is 21.6 Å². The van der Waals surface area contributed by atoms with Crippen LogP contribution in [0, 0.1) is 17.0 Å². The first-order chi connectivity index (χ1) is 6.93. The number of alkyl halides is 2. The molecule has 0 aliphatic heterocycles. The molecule has 0 aliphatic rings. The average molecular weight is 282 g/mol. The summed E-state index contributed by atoms with van der Waals surface area (Å²) in [5.41, 5.74) is -0.208. The molecular weight excluding hydrogens is 276 g/mol. The third-order valence-corrected chi connectivity index (χ3v) is 2.31. The molecule has 0 bridgehead atoms. The van der Waals surface area contributed by atoms with E-state index in [1.165, 1.54) is 19.1 Å². The Hall–Kier alpha value is -1.24. The van der Waals surface area contributed by atoms with E-state index in [-0.39, 0.29) is 10.0 Å². The van der Waals surface area contributed by atoms with Crippen LogP contribution in [0.25, 0.3) is 0 Å². The van der Waals surface area contributed by atoms with E-state index in [0.717, 1.165) is 0 Å². The molecule has 1 aromatic carbocycles. The molecule has 0 saturated carbocycles. The van der Waals surface area contributed by atoms with E-state index in [9.17, 15) is 18.9 Å². The second kappa shape index (κ2) is 4.52. The van der Waals surface area contributed by atoms with Crippen molar-refractivity contribution in [3.8, 4) is 5.75 Å². The predicted molar refractivity (Wildman–Crippen MR) is 52.2 cm³/mol. The highest BCUT2D eigenvalue weighted by atomic mass is 79.9. The van der Waals surface area contributed by atoms with Crippen LogP contribution in [0.15, 0.2) is 16.6 Å². The smallest absolute Gasteiger partial charge is 0.387 e. The minimum atomic E-state index is -3.09. The summed E-state index contributed by atoms with van der Waals surface area (Å²) in [6.45, 7) is -1.63. The molecule has 7 heteroatoms. The second-order valence-electron chi connectivity index (χ2n) is 2.68. The summed E-state index contributed by atoms with van der Waals surface area (Å²) in [7, 11) is 0. The number of hydrogen-bond acceptors (Lipinski definition) is 3. The highest BCUT2D eigenvalue weighted by Crippen LogP contribution is 2.38. The summed E-state index contributed by atoms with van der Waals surface area (Å²) in [6, 6.07) is 2.86. The number of nitro benzene ring substituents is 1. The highest BCUT2D eigenvalue weighted by molar-refractivity contribution is 9.10. The Bertz CT molecular complexity index is 398. The van der Waals surface area contributed by atoms with Crippen LogP contribution in [0.3, 0.4) is 0 Å². The van der Waals surface area contributed by atoms with Crippen LogP contribution in [-0.2, 0) is 0 Å². The van der Waals surface area contributed by atoms with Gasteiger partial charge in [-0.1, -0.05) is 6.07 Å². The molecule has 4 nitrogen and oxygen atoms in total. The maximum absolute atomic E-state index is 12.0. The zero-order chi connectivity index (χ0) is 11.6. The number of benzene rings is 1. The fourth-order valence-corrected chi connectivity index (χ4v) is 1.51. The van der Waals surface area contributed by atoms with Crippen LogP contribution in [0.2, 0.25) is 0 Å². The summed E-state index contributed by atoms with van der Waals surface area (Å²) < 4.78 is 28.2. The van der Waals surface area contributed by atoms with Gasteiger partial charge >= 0.3 is 12.3 Å². The van der Waals surface area contributed by atoms with E-state index in [2.05, 4.69) is 20.7 Å². The Morgan fingerprint density at radius 1 is 1.53 bits per heavy atom. The SMILES string of the molecule is Cc1ccc(Br)c([N+](=O)[O-])c1OC(F)F. The van der Waals surface area contributed by atoms with Crippen LogP contribution in [0.5, 0.6) is 5.75 Å². The van der Waals surface area contributed by atoms with Crippen molar-refractivity contribution in [3.05, 3.63) is 32.3 Å². The van der Waals surface area contributed by atoms with E-state index in [4.69, 9.17) is 0 Å². The van der Waals surface area contributed by atoms with Gasteiger partial charge in [-0.15, -0.1) is 0 Å². The molecule has 0 atom stereocenters. The number of nitro groups is 1. The molecule has 0 fully saturated rings.